The van der Waals surface area contributed by atoms with Crippen molar-refractivity contribution in [3.8, 4) is 0 Å². The zero-order valence-corrected chi connectivity index (χ0v) is 11.8. The van der Waals surface area contributed by atoms with E-state index < -0.39 is 11.7 Å². The van der Waals surface area contributed by atoms with E-state index in [9.17, 15) is 9.59 Å². The summed E-state index contributed by atoms with van der Waals surface area (Å²) in [5.41, 5.74) is -0.502. The highest BCUT2D eigenvalue weighted by atomic mass is 35.5. The number of halogens is 1. The van der Waals surface area contributed by atoms with Gasteiger partial charge in [-0.1, -0.05) is 6.92 Å². The normalized spacial score (nSPS) is 12.1. The molecule has 6 heteroatoms. The average Bonchev–Trinajstić information content (AvgIpc) is 2.13. The Morgan fingerprint density at radius 3 is 2.24 bits per heavy atom. The third kappa shape index (κ3) is 9.93. The topological polar surface area (TPSA) is 64.6 Å². The Kier molecular flexibility index (Phi) is 8.84. The van der Waals surface area contributed by atoms with Crippen LogP contribution in [0.1, 0.15) is 34.1 Å². The minimum absolute atomic E-state index is 0. The van der Waals surface area contributed by atoms with Crippen LogP contribution in [0.5, 0.6) is 0 Å². The predicted molar refractivity (Wildman–Crippen MR) is 67.3 cm³/mol. The Hall–Kier alpha value is -0.970. The lowest BCUT2D eigenvalue weighted by atomic mass is 10.1. The monoisotopic (exact) mass is 267 g/mol. The Morgan fingerprint density at radius 2 is 1.82 bits per heavy atom. The van der Waals surface area contributed by atoms with E-state index in [0.29, 0.717) is 13.0 Å². The van der Waals surface area contributed by atoms with Crippen LogP contribution in [-0.4, -0.2) is 31.3 Å². The largest absolute Gasteiger partial charge is 0.469 e. The fraction of sp³-hybridized carbons (Fsp3) is 0.818. The molecule has 0 radical (unpaired) electrons. The number of esters is 1. The summed E-state index contributed by atoms with van der Waals surface area (Å²) < 4.78 is 9.61. The summed E-state index contributed by atoms with van der Waals surface area (Å²) >= 11 is 0. The summed E-state index contributed by atoms with van der Waals surface area (Å²) in [5.74, 6) is -0.495. The molecule has 0 saturated carbocycles. The molecule has 1 amide bonds. The molecule has 0 aliphatic rings. The number of nitrogens with one attached hydrogen (secondary N) is 1. The number of hydrogen-bond donors (Lipinski definition) is 1. The SMILES string of the molecule is COC(=O)C(C)CCNC(=O)OC(C)(C)C.Cl. The number of rotatable bonds is 4. The van der Waals surface area contributed by atoms with E-state index >= 15 is 0 Å². The zero-order chi connectivity index (χ0) is 12.8. The minimum atomic E-state index is -0.502. The second kappa shape index (κ2) is 8.17. The molecule has 0 aliphatic carbocycles. The standard InChI is InChI=1S/C11H21NO4.ClH/c1-8(9(13)15-5)6-7-12-10(14)16-11(2,3)4;/h8H,6-7H2,1-5H3,(H,12,14);1H. The van der Waals surface area contributed by atoms with Gasteiger partial charge in [-0.2, -0.15) is 0 Å². The van der Waals surface area contributed by atoms with Gasteiger partial charge < -0.3 is 14.8 Å². The molecule has 17 heavy (non-hydrogen) atoms. The quantitative estimate of drug-likeness (QED) is 0.793. The highest BCUT2D eigenvalue weighted by Crippen LogP contribution is 2.07. The van der Waals surface area contributed by atoms with Crippen molar-refractivity contribution in [2.24, 2.45) is 5.92 Å². The first-order valence-corrected chi connectivity index (χ1v) is 5.31. The minimum Gasteiger partial charge on any atom is -0.469 e. The number of carbonyl (C=O) groups is 2. The van der Waals surface area contributed by atoms with Gasteiger partial charge in [0.05, 0.1) is 13.0 Å². The lowest BCUT2D eigenvalue weighted by Crippen LogP contribution is -2.34. The molecule has 0 bridgehead atoms. The van der Waals surface area contributed by atoms with Crippen LogP contribution in [0.25, 0.3) is 0 Å². The van der Waals surface area contributed by atoms with E-state index in [-0.39, 0.29) is 24.3 Å². The number of methoxy groups -OCH3 is 1. The highest BCUT2D eigenvalue weighted by Gasteiger charge is 2.17. The average molecular weight is 268 g/mol. The van der Waals surface area contributed by atoms with Gasteiger partial charge in [-0.3, -0.25) is 4.79 Å². The fourth-order valence-electron chi connectivity index (χ4n) is 1.02. The molecule has 0 fully saturated rings. The van der Waals surface area contributed by atoms with Crippen LogP contribution in [0.4, 0.5) is 4.79 Å². The summed E-state index contributed by atoms with van der Waals surface area (Å²) in [7, 11) is 1.35. The molecule has 0 rings (SSSR count). The lowest BCUT2D eigenvalue weighted by Gasteiger charge is -2.20. The second-order valence-electron chi connectivity index (χ2n) is 4.64. The van der Waals surface area contributed by atoms with E-state index in [0.717, 1.165) is 0 Å². The van der Waals surface area contributed by atoms with Crippen LogP contribution in [-0.2, 0) is 14.3 Å². The molecule has 102 valence electrons. The molecule has 0 aromatic rings. The van der Waals surface area contributed by atoms with Crippen LogP contribution in [0.3, 0.4) is 0 Å². The van der Waals surface area contributed by atoms with Gasteiger partial charge in [0, 0.05) is 6.54 Å². The third-order valence-electron chi connectivity index (χ3n) is 1.85. The number of hydrogen-bond acceptors (Lipinski definition) is 4. The summed E-state index contributed by atoms with van der Waals surface area (Å²) in [5, 5.41) is 2.58. The number of ether oxygens (including phenoxy) is 2. The fourth-order valence-corrected chi connectivity index (χ4v) is 1.02. The molecule has 0 aromatic carbocycles. The molecular weight excluding hydrogens is 246 g/mol. The molecule has 0 saturated heterocycles. The molecule has 0 spiro atoms. The first-order valence-electron chi connectivity index (χ1n) is 5.31. The first-order chi connectivity index (χ1) is 7.26. The number of carbonyl (C=O) groups excluding carboxylic acids is 2. The van der Waals surface area contributed by atoms with Gasteiger partial charge in [0.2, 0.25) is 0 Å². The maximum absolute atomic E-state index is 11.2. The van der Waals surface area contributed by atoms with Crippen LogP contribution >= 0.6 is 12.4 Å². The van der Waals surface area contributed by atoms with Gasteiger partial charge >= 0.3 is 12.1 Å². The van der Waals surface area contributed by atoms with E-state index in [1.807, 2.05) is 0 Å². The highest BCUT2D eigenvalue weighted by molar-refractivity contribution is 5.85. The van der Waals surface area contributed by atoms with Crippen LogP contribution in [0.15, 0.2) is 0 Å². The van der Waals surface area contributed by atoms with E-state index in [2.05, 4.69) is 10.1 Å². The smallest absolute Gasteiger partial charge is 0.407 e. The van der Waals surface area contributed by atoms with E-state index in [1.165, 1.54) is 7.11 Å². The Morgan fingerprint density at radius 1 is 1.29 bits per heavy atom. The molecular formula is C11H22ClNO4. The third-order valence-corrected chi connectivity index (χ3v) is 1.85. The van der Waals surface area contributed by atoms with Gasteiger partial charge in [-0.15, -0.1) is 12.4 Å². The van der Waals surface area contributed by atoms with Crippen LogP contribution in [0, 0.1) is 5.92 Å². The summed E-state index contributed by atoms with van der Waals surface area (Å²) in [4.78, 5) is 22.3. The van der Waals surface area contributed by atoms with Gasteiger partial charge in [0.15, 0.2) is 0 Å². The summed E-state index contributed by atoms with van der Waals surface area (Å²) in [6, 6.07) is 0. The van der Waals surface area contributed by atoms with Gasteiger partial charge in [-0.05, 0) is 27.2 Å². The molecule has 5 nitrogen and oxygen atoms in total. The number of alkyl carbamates (subject to hydrolysis) is 1. The van der Waals surface area contributed by atoms with E-state index in [1.54, 1.807) is 27.7 Å². The summed E-state index contributed by atoms with van der Waals surface area (Å²) in [6.45, 7) is 7.53. The molecule has 1 N–H and O–H groups in total. The van der Waals surface area contributed by atoms with Crippen LogP contribution < -0.4 is 5.32 Å². The Bertz CT molecular complexity index is 250. The van der Waals surface area contributed by atoms with Crippen molar-refractivity contribution in [1.82, 2.24) is 5.32 Å². The van der Waals surface area contributed by atoms with Crippen molar-refractivity contribution in [1.29, 1.82) is 0 Å². The first kappa shape index (κ1) is 18.4. The lowest BCUT2D eigenvalue weighted by molar-refractivity contribution is -0.145. The van der Waals surface area contributed by atoms with Crippen molar-refractivity contribution in [2.45, 2.75) is 39.7 Å². The van der Waals surface area contributed by atoms with Gasteiger partial charge in [-0.25, -0.2) is 4.79 Å². The summed E-state index contributed by atoms with van der Waals surface area (Å²) in [6.07, 6.45) is 0.0657. The Balaban J connectivity index is 0. The van der Waals surface area contributed by atoms with Gasteiger partial charge in [0.1, 0.15) is 5.60 Å². The molecule has 0 aromatic heterocycles. The van der Waals surface area contributed by atoms with Crippen molar-refractivity contribution in [3.63, 3.8) is 0 Å². The molecule has 1 atom stereocenters. The van der Waals surface area contributed by atoms with Gasteiger partial charge in [0.25, 0.3) is 0 Å². The second-order valence-corrected chi connectivity index (χ2v) is 4.64. The van der Waals surface area contributed by atoms with Crippen molar-refractivity contribution in [3.05, 3.63) is 0 Å². The maximum Gasteiger partial charge on any atom is 0.407 e. The molecule has 0 heterocycles. The maximum atomic E-state index is 11.2. The van der Waals surface area contributed by atoms with Crippen molar-refractivity contribution >= 4 is 24.5 Å². The van der Waals surface area contributed by atoms with Crippen LogP contribution in [0.2, 0.25) is 0 Å². The number of amides is 1. The predicted octanol–water partition coefficient (Wildman–Crippen LogP) is 2.13. The Labute approximate surface area is 109 Å². The molecule has 1 unspecified atom stereocenters. The van der Waals surface area contributed by atoms with Crippen molar-refractivity contribution < 1.29 is 19.1 Å². The van der Waals surface area contributed by atoms with E-state index in [4.69, 9.17) is 4.74 Å². The zero-order valence-electron chi connectivity index (χ0n) is 11.0. The molecule has 0 aliphatic heterocycles. The van der Waals surface area contributed by atoms with Crippen molar-refractivity contribution in [2.75, 3.05) is 13.7 Å².